The van der Waals surface area contributed by atoms with Gasteiger partial charge in [-0.1, -0.05) is 0 Å². The van der Waals surface area contributed by atoms with Crippen molar-refractivity contribution in [2.24, 2.45) is 0 Å². The summed E-state index contributed by atoms with van der Waals surface area (Å²) < 4.78 is 10.6. The minimum absolute atomic E-state index is 0.174. The van der Waals surface area contributed by atoms with Crippen LogP contribution in [0, 0.1) is 20.8 Å². The summed E-state index contributed by atoms with van der Waals surface area (Å²) in [5.74, 6) is -0.174. The van der Waals surface area contributed by atoms with Gasteiger partial charge in [0.15, 0.2) is 6.10 Å². The van der Waals surface area contributed by atoms with E-state index in [1.165, 1.54) is 0 Å². The van der Waals surface area contributed by atoms with E-state index in [-0.39, 0.29) is 5.91 Å². The fourth-order valence-electron chi connectivity index (χ4n) is 2.06. The molecule has 2 heterocycles. The van der Waals surface area contributed by atoms with Gasteiger partial charge in [0, 0.05) is 5.69 Å². The van der Waals surface area contributed by atoms with Crippen molar-refractivity contribution in [2.75, 3.05) is 25.1 Å². The molecule has 0 bridgehead atoms. The number of nitrogens with one attached hydrogen (secondary N) is 1. The fourth-order valence-corrected chi connectivity index (χ4v) is 2.06. The largest absolute Gasteiger partial charge is 0.376 e. The van der Waals surface area contributed by atoms with Crippen molar-refractivity contribution in [1.82, 2.24) is 4.98 Å². The fraction of sp³-hybridized carbons (Fsp3) is 0.538. The molecule has 1 aliphatic heterocycles. The lowest BCUT2D eigenvalue weighted by atomic mass is 10.1. The molecule has 1 aromatic heterocycles. The molecule has 0 aromatic carbocycles. The molecule has 0 radical (unpaired) electrons. The summed E-state index contributed by atoms with van der Waals surface area (Å²) in [7, 11) is 0. The van der Waals surface area contributed by atoms with Crippen molar-refractivity contribution in [2.45, 2.75) is 26.9 Å². The molecule has 98 valence electrons. The zero-order chi connectivity index (χ0) is 13.1. The highest BCUT2D eigenvalue weighted by atomic mass is 16.6. The Balaban J connectivity index is 2.11. The summed E-state index contributed by atoms with van der Waals surface area (Å²) in [6.07, 6.45) is -0.529. The Morgan fingerprint density at radius 1 is 1.39 bits per heavy atom. The third-order valence-corrected chi connectivity index (χ3v) is 2.88. The molecular formula is C13H18N2O3. The van der Waals surface area contributed by atoms with Crippen LogP contribution in [0.2, 0.25) is 0 Å². The maximum Gasteiger partial charge on any atom is 0.255 e. The van der Waals surface area contributed by atoms with E-state index in [0.29, 0.717) is 19.8 Å². The molecule has 2 rings (SSSR count). The molecule has 5 heteroatoms. The number of nitrogens with zero attached hydrogens (tertiary/aromatic N) is 1. The zero-order valence-corrected chi connectivity index (χ0v) is 10.9. The Morgan fingerprint density at radius 2 is 2.17 bits per heavy atom. The second-order valence-electron chi connectivity index (χ2n) is 4.46. The third-order valence-electron chi connectivity index (χ3n) is 2.88. The molecule has 1 saturated heterocycles. The van der Waals surface area contributed by atoms with Crippen LogP contribution in [0.4, 0.5) is 5.69 Å². The maximum absolute atomic E-state index is 12.0. The van der Waals surface area contributed by atoms with E-state index in [4.69, 9.17) is 9.47 Å². The first kappa shape index (κ1) is 13.0. The van der Waals surface area contributed by atoms with Crippen LogP contribution in [0.5, 0.6) is 0 Å². The van der Waals surface area contributed by atoms with Gasteiger partial charge in [0.2, 0.25) is 0 Å². The highest BCUT2D eigenvalue weighted by Crippen LogP contribution is 2.19. The average Bonchev–Trinajstić information content (AvgIpc) is 2.34. The highest BCUT2D eigenvalue weighted by Gasteiger charge is 2.23. The second-order valence-corrected chi connectivity index (χ2v) is 4.46. The lowest BCUT2D eigenvalue weighted by Gasteiger charge is -2.22. The number of carbonyl (C=O) groups excluding carboxylic acids is 1. The maximum atomic E-state index is 12.0. The van der Waals surface area contributed by atoms with Crippen LogP contribution in [0.25, 0.3) is 0 Å². The Labute approximate surface area is 107 Å². The number of carbonyl (C=O) groups is 1. The summed E-state index contributed by atoms with van der Waals surface area (Å²) in [6, 6.07) is 1.95. The minimum atomic E-state index is -0.529. The van der Waals surface area contributed by atoms with Crippen LogP contribution in [-0.2, 0) is 14.3 Å². The average molecular weight is 250 g/mol. The first-order valence-electron chi connectivity index (χ1n) is 6.03. The smallest absolute Gasteiger partial charge is 0.255 e. The van der Waals surface area contributed by atoms with Crippen LogP contribution in [0.3, 0.4) is 0 Å². The van der Waals surface area contributed by atoms with Crippen molar-refractivity contribution in [3.63, 3.8) is 0 Å². The number of ether oxygens (including phenoxy) is 2. The Kier molecular flexibility index (Phi) is 3.93. The summed E-state index contributed by atoms with van der Waals surface area (Å²) in [5.41, 5.74) is 3.53. The Hall–Kier alpha value is -1.46. The Morgan fingerprint density at radius 3 is 2.78 bits per heavy atom. The number of anilines is 1. The van der Waals surface area contributed by atoms with Gasteiger partial charge in [-0.25, -0.2) is 0 Å². The predicted octanol–water partition coefficient (Wildman–Crippen LogP) is 1.36. The topological polar surface area (TPSA) is 60.5 Å². The van der Waals surface area contributed by atoms with Crippen LogP contribution in [0.15, 0.2) is 6.07 Å². The first-order valence-corrected chi connectivity index (χ1v) is 6.03. The van der Waals surface area contributed by atoms with Gasteiger partial charge in [-0.15, -0.1) is 0 Å². The van der Waals surface area contributed by atoms with E-state index in [2.05, 4.69) is 10.3 Å². The van der Waals surface area contributed by atoms with Gasteiger partial charge in [-0.3, -0.25) is 9.78 Å². The Bertz CT molecular complexity index is 431. The van der Waals surface area contributed by atoms with Gasteiger partial charge in [0.25, 0.3) is 5.91 Å². The van der Waals surface area contributed by atoms with Crippen molar-refractivity contribution in [1.29, 1.82) is 0 Å². The standard InChI is InChI=1S/C13H18N2O3/c1-8-6-9(2)14-10(3)12(8)15-13(16)11-7-17-4-5-18-11/h6,11H,4-5,7H2,1-3H3,(H,15,16). The van der Waals surface area contributed by atoms with Crippen molar-refractivity contribution >= 4 is 11.6 Å². The molecule has 0 aliphatic carbocycles. The van der Waals surface area contributed by atoms with Gasteiger partial charge in [0.1, 0.15) is 0 Å². The second kappa shape index (κ2) is 5.46. The number of rotatable bonds is 2. The predicted molar refractivity (Wildman–Crippen MR) is 67.6 cm³/mol. The van der Waals surface area contributed by atoms with Gasteiger partial charge in [-0.05, 0) is 32.4 Å². The summed E-state index contributed by atoms with van der Waals surface area (Å²) in [5, 5.41) is 2.87. The van der Waals surface area contributed by atoms with Gasteiger partial charge < -0.3 is 14.8 Å². The zero-order valence-electron chi connectivity index (χ0n) is 10.9. The lowest BCUT2D eigenvalue weighted by Crippen LogP contribution is -2.39. The molecule has 1 amide bonds. The quantitative estimate of drug-likeness (QED) is 0.861. The molecular weight excluding hydrogens is 232 g/mol. The van der Waals surface area contributed by atoms with E-state index >= 15 is 0 Å². The molecule has 0 saturated carbocycles. The van der Waals surface area contributed by atoms with Gasteiger partial charge in [0.05, 0.1) is 31.2 Å². The van der Waals surface area contributed by atoms with Gasteiger partial charge in [-0.2, -0.15) is 0 Å². The van der Waals surface area contributed by atoms with Crippen molar-refractivity contribution < 1.29 is 14.3 Å². The first-order chi connectivity index (χ1) is 8.58. The van der Waals surface area contributed by atoms with E-state index in [1.54, 1.807) is 0 Å². The summed E-state index contributed by atoms with van der Waals surface area (Å²) in [6.45, 7) is 7.09. The number of aryl methyl sites for hydroxylation is 3. The number of hydrogen-bond acceptors (Lipinski definition) is 4. The molecule has 18 heavy (non-hydrogen) atoms. The van der Waals surface area contributed by atoms with Gasteiger partial charge >= 0.3 is 0 Å². The van der Waals surface area contributed by atoms with Crippen molar-refractivity contribution in [3.05, 3.63) is 23.0 Å². The van der Waals surface area contributed by atoms with Crippen LogP contribution < -0.4 is 5.32 Å². The normalized spacial score (nSPS) is 19.6. The van der Waals surface area contributed by atoms with Crippen molar-refractivity contribution in [3.8, 4) is 0 Å². The molecule has 5 nitrogen and oxygen atoms in total. The van der Waals surface area contributed by atoms with Crippen LogP contribution in [0.1, 0.15) is 17.0 Å². The molecule has 0 spiro atoms. The van der Waals surface area contributed by atoms with E-state index in [1.807, 2.05) is 26.8 Å². The lowest BCUT2D eigenvalue weighted by molar-refractivity contribution is -0.142. The molecule has 1 fully saturated rings. The molecule has 1 aliphatic rings. The SMILES string of the molecule is Cc1cc(C)c(NC(=O)C2COCCO2)c(C)n1. The number of aromatic nitrogens is 1. The minimum Gasteiger partial charge on any atom is -0.376 e. The summed E-state index contributed by atoms with van der Waals surface area (Å²) in [4.78, 5) is 16.4. The molecule has 1 atom stereocenters. The number of pyridine rings is 1. The monoisotopic (exact) mass is 250 g/mol. The molecule has 1 N–H and O–H groups in total. The van der Waals surface area contributed by atoms with E-state index in [0.717, 1.165) is 22.6 Å². The number of hydrogen-bond donors (Lipinski definition) is 1. The molecule has 1 unspecified atom stereocenters. The number of amides is 1. The summed E-state index contributed by atoms with van der Waals surface area (Å²) >= 11 is 0. The highest BCUT2D eigenvalue weighted by molar-refractivity contribution is 5.95. The third kappa shape index (κ3) is 2.86. The van der Waals surface area contributed by atoms with Crippen LogP contribution in [-0.4, -0.2) is 36.8 Å². The molecule has 1 aromatic rings. The van der Waals surface area contributed by atoms with Crippen LogP contribution >= 0.6 is 0 Å². The van der Waals surface area contributed by atoms with E-state index in [9.17, 15) is 4.79 Å². The van der Waals surface area contributed by atoms with E-state index < -0.39 is 6.10 Å².